The molecule has 0 aromatic heterocycles. The molecule has 0 aliphatic carbocycles. The summed E-state index contributed by atoms with van der Waals surface area (Å²) in [6.45, 7) is 1.37. The number of halogens is 1. The molecule has 2 aromatic carbocycles. The Labute approximate surface area is 145 Å². The maximum Gasteiger partial charge on any atom is 0.118 e. The zero-order valence-electron chi connectivity index (χ0n) is 13.4. The van der Waals surface area contributed by atoms with Crippen molar-refractivity contribution in [2.75, 3.05) is 27.3 Å². The maximum absolute atomic E-state index is 10.8. The quantitative estimate of drug-likeness (QED) is 0.776. The Hall–Kier alpha value is -1.40. The molecule has 2 N–H and O–H groups in total. The first-order valence-corrected chi connectivity index (χ1v) is 8.24. The number of rotatable bonds is 7. The molecule has 124 valence electrons. The third-order valence-corrected chi connectivity index (χ3v) is 4.25. The highest BCUT2D eigenvalue weighted by molar-refractivity contribution is 9.10. The van der Waals surface area contributed by atoms with E-state index < -0.39 is 6.10 Å². The monoisotopic (exact) mass is 379 g/mol. The summed E-state index contributed by atoms with van der Waals surface area (Å²) in [5.74, 6) is 0.762. The predicted octanol–water partition coefficient (Wildman–Crippen LogP) is 2.96. The van der Waals surface area contributed by atoms with Crippen molar-refractivity contribution in [2.45, 2.75) is 12.6 Å². The lowest BCUT2D eigenvalue weighted by molar-refractivity contribution is 0.206. The van der Waals surface area contributed by atoms with Crippen LogP contribution in [0.5, 0.6) is 5.75 Å². The third-order valence-electron chi connectivity index (χ3n) is 3.76. The highest BCUT2D eigenvalue weighted by Crippen LogP contribution is 2.29. The van der Waals surface area contributed by atoms with E-state index >= 15 is 0 Å². The van der Waals surface area contributed by atoms with E-state index in [0.717, 1.165) is 26.9 Å². The molecule has 5 heteroatoms. The molecule has 0 saturated heterocycles. The lowest BCUT2D eigenvalue weighted by Crippen LogP contribution is -2.22. The van der Waals surface area contributed by atoms with Crippen LogP contribution in [0.15, 0.2) is 46.9 Å². The van der Waals surface area contributed by atoms with Crippen LogP contribution in [-0.4, -0.2) is 42.4 Å². The number of nitrogens with zero attached hydrogens (tertiary/aromatic N) is 1. The van der Waals surface area contributed by atoms with Crippen LogP contribution < -0.4 is 4.74 Å². The fraction of sp³-hybridized carbons (Fsp3) is 0.333. The number of aliphatic hydroxyl groups excluding tert-OH is 2. The second kappa shape index (κ2) is 8.45. The first kappa shape index (κ1) is 17.9. The molecular weight excluding hydrogens is 358 g/mol. The van der Waals surface area contributed by atoms with Crippen LogP contribution in [0.2, 0.25) is 0 Å². The number of likely N-dealkylation sites (N-methyl/N-ethyl adjacent to an activating group) is 1. The Morgan fingerprint density at radius 1 is 1.17 bits per heavy atom. The van der Waals surface area contributed by atoms with Gasteiger partial charge >= 0.3 is 0 Å². The van der Waals surface area contributed by atoms with Crippen LogP contribution in [0.1, 0.15) is 22.8 Å². The van der Waals surface area contributed by atoms with Crippen molar-refractivity contribution in [3.05, 3.63) is 63.6 Å². The number of methoxy groups -OCH3 is 1. The Morgan fingerprint density at radius 2 is 1.87 bits per heavy atom. The molecule has 1 atom stereocenters. The molecule has 1 unspecified atom stereocenters. The molecule has 2 rings (SSSR count). The SMILES string of the molecule is COc1ccc(C(O)c2cc(Br)ccc2CN(C)CCO)cc1. The van der Waals surface area contributed by atoms with Crippen molar-refractivity contribution in [2.24, 2.45) is 0 Å². The van der Waals surface area contributed by atoms with Gasteiger partial charge in [0.15, 0.2) is 0 Å². The van der Waals surface area contributed by atoms with E-state index in [1.165, 1.54) is 0 Å². The lowest BCUT2D eigenvalue weighted by atomic mass is 9.96. The number of benzene rings is 2. The van der Waals surface area contributed by atoms with Gasteiger partial charge < -0.3 is 14.9 Å². The summed E-state index contributed by atoms with van der Waals surface area (Å²) in [6, 6.07) is 13.3. The fourth-order valence-electron chi connectivity index (χ4n) is 2.47. The summed E-state index contributed by atoms with van der Waals surface area (Å²) in [7, 11) is 3.57. The summed E-state index contributed by atoms with van der Waals surface area (Å²) in [6.07, 6.45) is -0.712. The number of ether oxygens (including phenoxy) is 1. The van der Waals surface area contributed by atoms with Crippen molar-refractivity contribution in [1.82, 2.24) is 4.90 Å². The van der Waals surface area contributed by atoms with Gasteiger partial charge in [-0.15, -0.1) is 0 Å². The van der Waals surface area contributed by atoms with Crippen LogP contribution in [-0.2, 0) is 6.54 Å². The Balaban J connectivity index is 2.29. The van der Waals surface area contributed by atoms with Crippen LogP contribution in [0.25, 0.3) is 0 Å². The predicted molar refractivity (Wildman–Crippen MR) is 94.6 cm³/mol. The molecule has 0 radical (unpaired) electrons. The van der Waals surface area contributed by atoms with Gasteiger partial charge in [-0.2, -0.15) is 0 Å². The van der Waals surface area contributed by atoms with Crippen LogP contribution in [0, 0.1) is 0 Å². The average molecular weight is 380 g/mol. The van der Waals surface area contributed by atoms with Crippen molar-refractivity contribution in [3.63, 3.8) is 0 Å². The Morgan fingerprint density at radius 3 is 2.48 bits per heavy atom. The summed E-state index contributed by atoms with van der Waals surface area (Å²) in [5, 5.41) is 19.8. The van der Waals surface area contributed by atoms with Gasteiger partial charge in [0, 0.05) is 17.6 Å². The molecule has 0 bridgehead atoms. The van der Waals surface area contributed by atoms with Crippen molar-refractivity contribution in [3.8, 4) is 5.75 Å². The zero-order chi connectivity index (χ0) is 16.8. The van der Waals surface area contributed by atoms with Crippen LogP contribution in [0.3, 0.4) is 0 Å². The van der Waals surface area contributed by atoms with E-state index in [1.54, 1.807) is 7.11 Å². The minimum Gasteiger partial charge on any atom is -0.497 e. The second-order valence-corrected chi connectivity index (χ2v) is 6.40. The Bertz CT molecular complexity index is 631. The maximum atomic E-state index is 10.8. The minimum atomic E-state index is -0.712. The Kier molecular flexibility index (Phi) is 6.59. The third kappa shape index (κ3) is 4.78. The molecule has 0 aliphatic rings. The van der Waals surface area contributed by atoms with Gasteiger partial charge in [-0.25, -0.2) is 0 Å². The molecule has 0 saturated carbocycles. The van der Waals surface area contributed by atoms with Crippen molar-refractivity contribution in [1.29, 1.82) is 0 Å². The van der Waals surface area contributed by atoms with Crippen LogP contribution in [0.4, 0.5) is 0 Å². The molecule has 4 nitrogen and oxygen atoms in total. The smallest absolute Gasteiger partial charge is 0.118 e. The highest BCUT2D eigenvalue weighted by Gasteiger charge is 2.16. The fourth-order valence-corrected chi connectivity index (χ4v) is 2.85. The van der Waals surface area contributed by atoms with Crippen LogP contribution >= 0.6 is 15.9 Å². The molecule has 0 spiro atoms. The van der Waals surface area contributed by atoms with E-state index in [1.807, 2.05) is 54.4 Å². The molecule has 0 fully saturated rings. The molecule has 0 heterocycles. The first-order valence-electron chi connectivity index (χ1n) is 7.45. The molecule has 2 aromatic rings. The number of aliphatic hydroxyl groups is 2. The van der Waals surface area contributed by atoms with Gasteiger partial charge in [0.2, 0.25) is 0 Å². The van der Waals surface area contributed by atoms with E-state index in [9.17, 15) is 5.11 Å². The van der Waals surface area contributed by atoms with Gasteiger partial charge in [-0.1, -0.05) is 34.1 Å². The number of hydrogen-bond acceptors (Lipinski definition) is 4. The first-order chi connectivity index (χ1) is 11.0. The summed E-state index contributed by atoms with van der Waals surface area (Å²) in [4.78, 5) is 2.02. The highest BCUT2D eigenvalue weighted by atomic mass is 79.9. The van der Waals surface area contributed by atoms with E-state index in [0.29, 0.717) is 13.1 Å². The molecule has 0 amide bonds. The summed E-state index contributed by atoms with van der Waals surface area (Å²) in [5.41, 5.74) is 2.71. The summed E-state index contributed by atoms with van der Waals surface area (Å²) < 4.78 is 6.08. The van der Waals surface area contributed by atoms with Gasteiger partial charge in [0.1, 0.15) is 11.9 Å². The summed E-state index contributed by atoms with van der Waals surface area (Å²) >= 11 is 3.47. The van der Waals surface area contributed by atoms with Crippen molar-refractivity contribution >= 4 is 15.9 Å². The van der Waals surface area contributed by atoms with E-state index in [2.05, 4.69) is 15.9 Å². The molecular formula is C18H22BrNO3. The second-order valence-electron chi connectivity index (χ2n) is 5.48. The largest absolute Gasteiger partial charge is 0.497 e. The van der Waals surface area contributed by atoms with Gasteiger partial charge in [0.25, 0.3) is 0 Å². The van der Waals surface area contributed by atoms with Gasteiger partial charge in [-0.05, 0) is 48.0 Å². The number of hydrogen-bond donors (Lipinski definition) is 2. The van der Waals surface area contributed by atoms with Gasteiger partial charge in [-0.3, -0.25) is 4.90 Å². The van der Waals surface area contributed by atoms with Gasteiger partial charge in [0.05, 0.1) is 13.7 Å². The average Bonchev–Trinajstić information content (AvgIpc) is 2.56. The zero-order valence-corrected chi connectivity index (χ0v) is 15.0. The lowest BCUT2D eigenvalue weighted by Gasteiger charge is -2.21. The molecule has 23 heavy (non-hydrogen) atoms. The minimum absolute atomic E-state index is 0.114. The van der Waals surface area contributed by atoms with Crippen molar-refractivity contribution < 1.29 is 14.9 Å². The van der Waals surface area contributed by atoms with E-state index in [4.69, 9.17) is 9.84 Å². The molecule has 0 aliphatic heterocycles. The topological polar surface area (TPSA) is 52.9 Å². The standard InChI is InChI=1S/C18H22BrNO3/c1-20(9-10-21)12-14-3-6-15(19)11-17(14)18(22)13-4-7-16(23-2)8-5-13/h3-8,11,18,21-22H,9-10,12H2,1-2H3. The normalized spacial score (nSPS) is 12.4. The van der Waals surface area contributed by atoms with E-state index in [-0.39, 0.29) is 6.61 Å².